The van der Waals surface area contributed by atoms with Gasteiger partial charge in [0.25, 0.3) is 5.91 Å². The van der Waals surface area contributed by atoms with Crippen LogP contribution in [0.2, 0.25) is 0 Å². The normalized spacial score (nSPS) is 11.0. The Kier molecular flexibility index (Phi) is 4.37. The number of hydrogen-bond acceptors (Lipinski definition) is 4. The van der Waals surface area contributed by atoms with E-state index in [1.165, 1.54) is 27.5 Å². The summed E-state index contributed by atoms with van der Waals surface area (Å²) < 4.78 is 16.8. The molecular weight excluding hydrogens is 337 g/mol. The van der Waals surface area contributed by atoms with E-state index in [0.717, 1.165) is 17.1 Å². The molecule has 0 spiro atoms. The van der Waals surface area contributed by atoms with Gasteiger partial charge in [-0.15, -0.1) is 0 Å². The van der Waals surface area contributed by atoms with Gasteiger partial charge in [0.15, 0.2) is 0 Å². The fourth-order valence-electron chi connectivity index (χ4n) is 2.60. The minimum atomic E-state index is -0.794. The lowest BCUT2D eigenvalue weighted by Gasteiger charge is -2.02. The zero-order valence-electron chi connectivity index (χ0n) is 14.0. The summed E-state index contributed by atoms with van der Waals surface area (Å²) in [7, 11) is 3.35. The van der Waals surface area contributed by atoms with Crippen molar-refractivity contribution in [3.63, 3.8) is 0 Å². The molecule has 0 radical (unpaired) electrons. The maximum atomic E-state index is 13.8. The minimum absolute atomic E-state index is 0.129. The first kappa shape index (κ1) is 17.1. The summed E-state index contributed by atoms with van der Waals surface area (Å²) in [4.78, 5) is 23.9. The molecule has 3 aromatic rings. The second kappa shape index (κ2) is 6.64. The first-order valence-corrected chi connectivity index (χ1v) is 7.61. The second-order valence-corrected chi connectivity index (χ2v) is 5.65. The van der Waals surface area contributed by atoms with Gasteiger partial charge in [0.05, 0.1) is 34.4 Å². The quantitative estimate of drug-likeness (QED) is 0.574. The van der Waals surface area contributed by atoms with Gasteiger partial charge in [0.2, 0.25) is 0 Å². The lowest BCUT2D eigenvalue weighted by atomic mass is 10.1. The molecule has 0 aliphatic carbocycles. The maximum absolute atomic E-state index is 13.8. The molecule has 1 N–H and O–H groups in total. The third-order valence-electron chi connectivity index (χ3n) is 4.02. The molecule has 1 aromatic heterocycles. The summed E-state index contributed by atoms with van der Waals surface area (Å²) >= 11 is 0. The molecule has 0 atom stereocenters. The summed E-state index contributed by atoms with van der Waals surface area (Å²) in [5, 5.41) is 12.5. The molecule has 130 valence electrons. The molecule has 26 heavy (non-hydrogen) atoms. The number of halogens is 1. The Morgan fingerprint density at radius 2 is 1.92 bits per heavy atom. The first-order valence-electron chi connectivity index (χ1n) is 7.61. The number of nitriles is 1. The molecule has 0 aliphatic rings. The molecule has 0 saturated heterocycles. The van der Waals surface area contributed by atoms with Crippen LogP contribution in [-0.2, 0) is 14.1 Å². The molecule has 0 fully saturated rings. The fraction of sp³-hybridized carbons (Fsp3) is 0.111. The lowest BCUT2D eigenvalue weighted by molar-refractivity contribution is 0.0951. The number of nitrogens with zero attached hydrogens (tertiary/aromatic N) is 4. The van der Waals surface area contributed by atoms with Gasteiger partial charge in [0, 0.05) is 14.1 Å². The fourth-order valence-corrected chi connectivity index (χ4v) is 2.60. The van der Waals surface area contributed by atoms with Crippen molar-refractivity contribution in [1.29, 1.82) is 5.26 Å². The van der Waals surface area contributed by atoms with Crippen molar-refractivity contribution in [3.8, 4) is 6.07 Å². The Hall–Kier alpha value is -3.73. The molecule has 0 bridgehead atoms. The molecule has 1 amide bonds. The van der Waals surface area contributed by atoms with Crippen molar-refractivity contribution in [2.45, 2.75) is 0 Å². The standard InChI is InChI=1S/C18H14FN5O2/c1-23-15-6-4-12(8-16(15)24(2)18(23)26)10-21-22-17(25)13-5-3-11(9-20)7-14(13)19/h3-8,10H,1-2H3,(H,22,25)/b21-10+. The number of fused-ring (bicyclic) bond motifs is 1. The highest BCUT2D eigenvalue weighted by atomic mass is 19.1. The van der Waals surface area contributed by atoms with Gasteiger partial charge in [0.1, 0.15) is 5.82 Å². The lowest BCUT2D eigenvalue weighted by Crippen LogP contribution is -2.19. The average Bonchev–Trinajstić information content (AvgIpc) is 2.85. The van der Waals surface area contributed by atoms with E-state index >= 15 is 0 Å². The number of rotatable bonds is 3. The number of aryl methyl sites for hydroxylation is 2. The van der Waals surface area contributed by atoms with E-state index in [-0.39, 0.29) is 16.8 Å². The highest BCUT2D eigenvalue weighted by Crippen LogP contribution is 2.13. The third kappa shape index (κ3) is 2.98. The number of carbonyl (C=O) groups is 1. The number of benzene rings is 2. The number of carbonyl (C=O) groups excluding carboxylic acids is 1. The summed E-state index contributed by atoms with van der Waals surface area (Å²) in [5.41, 5.74) is 4.19. The molecule has 0 aliphatic heterocycles. The van der Waals surface area contributed by atoms with Crippen LogP contribution in [-0.4, -0.2) is 21.3 Å². The van der Waals surface area contributed by atoms with E-state index in [1.807, 2.05) is 0 Å². The zero-order valence-corrected chi connectivity index (χ0v) is 14.0. The van der Waals surface area contributed by atoms with Gasteiger partial charge in [-0.1, -0.05) is 6.07 Å². The van der Waals surface area contributed by atoms with Gasteiger partial charge in [-0.05, 0) is 35.9 Å². The average molecular weight is 351 g/mol. The number of hydrogen-bond donors (Lipinski definition) is 1. The van der Waals surface area contributed by atoms with Crippen molar-refractivity contribution in [3.05, 3.63) is 69.4 Å². The number of aromatic nitrogens is 2. The van der Waals surface area contributed by atoms with E-state index in [9.17, 15) is 14.0 Å². The summed E-state index contributed by atoms with van der Waals surface area (Å²) in [6.45, 7) is 0. The molecule has 8 heteroatoms. The summed E-state index contributed by atoms with van der Waals surface area (Å²) in [6.07, 6.45) is 1.40. The highest BCUT2D eigenvalue weighted by Gasteiger charge is 2.11. The third-order valence-corrected chi connectivity index (χ3v) is 4.02. The van der Waals surface area contributed by atoms with Crippen LogP contribution in [0.25, 0.3) is 11.0 Å². The minimum Gasteiger partial charge on any atom is -0.295 e. The number of nitrogens with one attached hydrogen (secondary N) is 1. The van der Waals surface area contributed by atoms with Crippen molar-refractivity contribution < 1.29 is 9.18 Å². The first-order chi connectivity index (χ1) is 12.4. The number of imidazole rings is 1. The molecule has 1 heterocycles. The largest absolute Gasteiger partial charge is 0.328 e. The van der Waals surface area contributed by atoms with Crippen LogP contribution in [0.5, 0.6) is 0 Å². The monoisotopic (exact) mass is 351 g/mol. The van der Waals surface area contributed by atoms with Crippen LogP contribution >= 0.6 is 0 Å². The summed E-state index contributed by atoms with van der Waals surface area (Å²) in [6, 6.07) is 10.7. The van der Waals surface area contributed by atoms with Crippen LogP contribution in [0, 0.1) is 17.1 Å². The van der Waals surface area contributed by atoms with Gasteiger partial charge in [-0.25, -0.2) is 14.6 Å². The second-order valence-electron chi connectivity index (χ2n) is 5.65. The number of amides is 1. The molecule has 3 rings (SSSR count). The van der Waals surface area contributed by atoms with Gasteiger partial charge < -0.3 is 0 Å². The molecule has 2 aromatic carbocycles. The van der Waals surface area contributed by atoms with Gasteiger partial charge >= 0.3 is 5.69 Å². The Labute approximate surface area is 147 Å². The van der Waals surface area contributed by atoms with E-state index in [2.05, 4.69) is 10.5 Å². The summed E-state index contributed by atoms with van der Waals surface area (Å²) in [5.74, 6) is -1.52. The Morgan fingerprint density at radius 1 is 1.19 bits per heavy atom. The van der Waals surface area contributed by atoms with Crippen molar-refractivity contribution in [2.24, 2.45) is 19.2 Å². The van der Waals surface area contributed by atoms with E-state index < -0.39 is 11.7 Å². The van der Waals surface area contributed by atoms with E-state index in [4.69, 9.17) is 5.26 Å². The molecule has 0 unspecified atom stereocenters. The predicted octanol–water partition coefficient (Wildman–Crippen LogP) is 1.65. The van der Waals surface area contributed by atoms with Crippen LogP contribution in [0.1, 0.15) is 21.5 Å². The topological polar surface area (TPSA) is 92.2 Å². The molecule has 0 saturated carbocycles. The smallest absolute Gasteiger partial charge is 0.295 e. The van der Waals surface area contributed by atoms with Crippen LogP contribution < -0.4 is 11.1 Å². The van der Waals surface area contributed by atoms with Crippen LogP contribution in [0.15, 0.2) is 46.3 Å². The Bertz CT molecular complexity index is 1150. The highest BCUT2D eigenvalue weighted by molar-refractivity contribution is 5.95. The number of hydrazone groups is 1. The van der Waals surface area contributed by atoms with Gasteiger partial charge in [-0.3, -0.25) is 13.9 Å². The molecule has 7 nitrogen and oxygen atoms in total. The molecular formula is C18H14FN5O2. The van der Waals surface area contributed by atoms with Crippen LogP contribution in [0.3, 0.4) is 0 Å². The van der Waals surface area contributed by atoms with Gasteiger partial charge in [-0.2, -0.15) is 10.4 Å². The Morgan fingerprint density at radius 3 is 2.62 bits per heavy atom. The van der Waals surface area contributed by atoms with Crippen molar-refractivity contribution >= 4 is 23.2 Å². The van der Waals surface area contributed by atoms with Crippen LogP contribution in [0.4, 0.5) is 4.39 Å². The van der Waals surface area contributed by atoms with Crippen molar-refractivity contribution in [2.75, 3.05) is 0 Å². The Balaban J connectivity index is 1.79. The van der Waals surface area contributed by atoms with E-state index in [0.29, 0.717) is 5.56 Å². The van der Waals surface area contributed by atoms with Crippen molar-refractivity contribution in [1.82, 2.24) is 14.6 Å². The maximum Gasteiger partial charge on any atom is 0.328 e. The SMILES string of the molecule is Cn1c(=O)n(C)c2cc(/C=N/NC(=O)c3ccc(C#N)cc3F)ccc21. The van der Waals surface area contributed by atoms with E-state index in [1.54, 1.807) is 38.4 Å². The predicted molar refractivity (Wildman–Crippen MR) is 94.3 cm³/mol. The zero-order chi connectivity index (χ0) is 18.8.